The highest BCUT2D eigenvalue weighted by Crippen LogP contribution is 2.14. The summed E-state index contributed by atoms with van der Waals surface area (Å²) in [6.07, 6.45) is 2.84. The smallest absolute Gasteiger partial charge is 0.224 e. The lowest BCUT2D eigenvalue weighted by Gasteiger charge is -2.09. The van der Waals surface area contributed by atoms with Crippen molar-refractivity contribution in [2.24, 2.45) is 0 Å². The van der Waals surface area contributed by atoms with Gasteiger partial charge in [-0.3, -0.25) is 0 Å². The minimum Gasteiger partial charge on any atom is -0.362 e. The van der Waals surface area contributed by atoms with Crippen LogP contribution in [0.1, 0.15) is 30.4 Å². The Hall–Kier alpha value is -2.11. The predicted molar refractivity (Wildman–Crippen MR) is 74.1 cm³/mol. The first-order valence-electron chi connectivity index (χ1n) is 6.42. The maximum Gasteiger partial charge on any atom is 0.224 e. The van der Waals surface area contributed by atoms with Crippen molar-refractivity contribution in [2.45, 2.75) is 33.7 Å². The molecule has 0 saturated heterocycles. The van der Waals surface area contributed by atoms with E-state index in [0.29, 0.717) is 12.5 Å². The van der Waals surface area contributed by atoms with Crippen LogP contribution in [0, 0.1) is 13.8 Å². The van der Waals surface area contributed by atoms with E-state index in [4.69, 9.17) is 4.52 Å². The zero-order chi connectivity index (χ0) is 13.7. The van der Waals surface area contributed by atoms with Crippen LogP contribution in [0.25, 0.3) is 0 Å². The number of nitrogens with zero attached hydrogens (tertiary/aromatic N) is 3. The van der Waals surface area contributed by atoms with E-state index in [1.54, 1.807) is 6.20 Å². The third-order valence-electron chi connectivity index (χ3n) is 2.61. The molecule has 0 unspecified atom stereocenters. The van der Waals surface area contributed by atoms with Crippen molar-refractivity contribution in [1.29, 1.82) is 0 Å². The number of hydrogen-bond acceptors (Lipinski definition) is 6. The average Bonchev–Trinajstić information content (AvgIpc) is 2.82. The van der Waals surface area contributed by atoms with Gasteiger partial charge in [0.25, 0.3) is 0 Å². The van der Waals surface area contributed by atoms with Gasteiger partial charge < -0.3 is 15.2 Å². The molecule has 0 atom stereocenters. The number of nitrogens with one attached hydrogen (secondary N) is 2. The molecular formula is C13H19N5O. The topological polar surface area (TPSA) is 75.9 Å². The quantitative estimate of drug-likeness (QED) is 0.832. The van der Waals surface area contributed by atoms with Crippen LogP contribution in [0.4, 0.5) is 11.8 Å². The van der Waals surface area contributed by atoms with Gasteiger partial charge in [0, 0.05) is 24.4 Å². The SMILES string of the molecule is CCCNc1ncc(C)c(NCc2cc(C)no2)n1. The standard InChI is InChI=1S/C13H19N5O/c1-4-5-14-13-16-7-9(2)12(17-13)15-8-11-6-10(3)18-19-11/h6-7H,4-5,8H2,1-3H3,(H2,14,15,16,17). The summed E-state index contributed by atoms with van der Waals surface area (Å²) in [5.74, 6) is 2.24. The number of aryl methyl sites for hydroxylation is 2. The summed E-state index contributed by atoms with van der Waals surface area (Å²) in [6.45, 7) is 7.40. The fourth-order valence-electron chi connectivity index (χ4n) is 1.61. The number of hydrogen-bond donors (Lipinski definition) is 2. The fraction of sp³-hybridized carbons (Fsp3) is 0.462. The average molecular weight is 261 g/mol. The van der Waals surface area contributed by atoms with Gasteiger partial charge >= 0.3 is 0 Å². The highest BCUT2D eigenvalue weighted by molar-refractivity contribution is 5.46. The third kappa shape index (κ3) is 3.67. The van der Waals surface area contributed by atoms with Crippen LogP contribution >= 0.6 is 0 Å². The highest BCUT2D eigenvalue weighted by atomic mass is 16.5. The molecular weight excluding hydrogens is 242 g/mol. The zero-order valence-electron chi connectivity index (χ0n) is 11.5. The minimum atomic E-state index is 0.561. The summed E-state index contributed by atoms with van der Waals surface area (Å²) >= 11 is 0. The minimum absolute atomic E-state index is 0.561. The molecule has 2 aromatic heterocycles. The van der Waals surface area contributed by atoms with Crippen molar-refractivity contribution >= 4 is 11.8 Å². The van der Waals surface area contributed by atoms with Crippen molar-refractivity contribution < 1.29 is 4.52 Å². The molecule has 2 rings (SSSR count). The second kappa shape index (κ2) is 6.17. The van der Waals surface area contributed by atoms with E-state index >= 15 is 0 Å². The van der Waals surface area contributed by atoms with Gasteiger partial charge in [-0.05, 0) is 20.3 Å². The molecule has 0 saturated carbocycles. The van der Waals surface area contributed by atoms with Crippen LogP contribution in [-0.2, 0) is 6.54 Å². The molecule has 0 aliphatic carbocycles. The monoisotopic (exact) mass is 261 g/mol. The van der Waals surface area contributed by atoms with Gasteiger partial charge in [0.2, 0.25) is 5.95 Å². The van der Waals surface area contributed by atoms with Crippen molar-refractivity contribution in [1.82, 2.24) is 15.1 Å². The van der Waals surface area contributed by atoms with E-state index in [1.807, 2.05) is 19.9 Å². The molecule has 0 aliphatic heterocycles. The Labute approximate surface area is 112 Å². The number of aromatic nitrogens is 3. The molecule has 0 aromatic carbocycles. The summed E-state index contributed by atoms with van der Waals surface area (Å²) in [7, 11) is 0. The van der Waals surface area contributed by atoms with Crippen molar-refractivity contribution in [3.63, 3.8) is 0 Å². The van der Waals surface area contributed by atoms with Crippen LogP contribution in [0.3, 0.4) is 0 Å². The highest BCUT2D eigenvalue weighted by Gasteiger charge is 2.05. The van der Waals surface area contributed by atoms with Crippen molar-refractivity contribution in [3.8, 4) is 0 Å². The van der Waals surface area contributed by atoms with E-state index in [-0.39, 0.29) is 0 Å². The lowest BCUT2D eigenvalue weighted by molar-refractivity contribution is 0.384. The van der Waals surface area contributed by atoms with Crippen LogP contribution in [-0.4, -0.2) is 21.7 Å². The molecule has 0 amide bonds. The van der Waals surface area contributed by atoms with Gasteiger partial charge in [-0.25, -0.2) is 4.98 Å². The largest absolute Gasteiger partial charge is 0.362 e. The van der Waals surface area contributed by atoms with Gasteiger partial charge in [-0.1, -0.05) is 12.1 Å². The molecule has 6 heteroatoms. The van der Waals surface area contributed by atoms with Crippen LogP contribution in [0.15, 0.2) is 16.8 Å². The summed E-state index contributed by atoms with van der Waals surface area (Å²) in [5, 5.41) is 10.3. The summed E-state index contributed by atoms with van der Waals surface area (Å²) < 4.78 is 5.15. The van der Waals surface area contributed by atoms with Gasteiger partial charge in [-0.15, -0.1) is 0 Å². The number of rotatable bonds is 6. The molecule has 2 aromatic rings. The summed E-state index contributed by atoms with van der Waals surface area (Å²) in [4.78, 5) is 8.67. The molecule has 0 bridgehead atoms. The van der Waals surface area contributed by atoms with Crippen LogP contribution in [0.2, 0.25) is 0 Å². The van der Waals surface area contributed by atoms with E-state index < -0.39 is 0 Å². The third-order valence-corrected chi connectivity index (χ3v) is 2.61. The molecule has 0 fully saturated rings. The Morgan fingerprint density at radius 1 is 1.26 bits per heavy atom. The van der Waals surface area contributed by atoms with Gasteiger partial charge in [0.1, 0.15) is 5.82 Å². The second-order valence-corrected chi connectivity index (χ2v) is 4.44. The van der Waals surface area contributed by atoms with E-state index in [2.05, 4.69) is 32.7 Å². The maximum atomic E-state index is 5.15. The Kier molecular flexibility index (Phi) is 4.33. The van der Waals surface area contributed by atoms with E-state index in [9.17, 15) is 0 Å². The zero-order valence-corrected chi connectivity index (χ0v) is 11.5. The summed E-state index contributed by atoms with van der Waals surface area (Å²) in [5.41, 5.74) is 1.87. The fourth-order valence-corrected chi connectivity index (χ4v) is 1.61. The Balaban J connectivity index is 2.02. The van der Waals surface area contributed by atoms with Gasteiger partial charge in [-0.2, -0.15) is 4.98 Å². The first-order valence-corrected chi connectivity index (χ1v) is 6.42. The lowest BCUT2D eigenvalue weighted by Crippen LogP contribution is -2.08. The molecule has 2 heterocycles. The van der Waals surface area contributed by atoms with E-state index in [1.165, 1.54) is 0 Å². The molecule has 19 heavy (non-hydrogen) atoms. The Morgan fingerprint density at radius 3 is 2.79 bits per heavy atom. The van der Waals surface area contributed by atoms with Gasteiger partial charge in [0.15, 0.2) is 5.76 Å². The number of anilines is 2. The second-order valence-electron chi connectivity index (χ2n) is 4.44. The molecule has 102 valence electrons. The molecule has 0 aliphatic rings. The lowest BCUT2D eigenvalue weighted by atomic mass is 10.3. The van der Waals surface area contributed by atoms with Gasteiger partial charge in [0.05, 0.1) is 12.2 Å². The Morgan fingerprint density at radius 2 is 2.11 bits per heavy atom. The molecule has 2 N–H and O–H groups in total. The van der Waals surface area contributed by atoms with Crippen LogP contribution < -0.4 is 10.6 Å². The van der Waals surface area contributed by atoms with Crippen LogP contribution in [0.5, 0.6) is 0 Å². The van der Waals surface area contributed by atoms with Crippen molar-refractivity contribution in [2.75, 3.05) is 17.2 Å². The first kappa shape index (κ1) is 13.3. The first-order chi connectivity index (χ1) is 9.19. The molecule has 6 nitrogen and oxygen atoms in total. The molecule has 0 radical (unpaired) electrons. The van der Waals surface area contributed by atoms with Crippen molar-refractivity contribution in [3.05, 3.63) is 29.3 Å². The maximum absolute atomic E-state index is 5.15. The Bertz CT molecular complexity index is 538. The predicted octanol–water partition coefficient (Wildman–Crippen LogP) is 2.52. The normalized spacial score (nSPS) is 10.5. The summed E-state index contributed by atoms with van der Waals surface area (Å²) in [6, 6.07) is 1.90. The van der Waals surface area contributed by atoms with E-state index in [0.717, 1.165) is 35.8 Å². The molecule has 0 spiro atoms.